The molecule has 1 heteroatoms. The van der Waals surface area contributed by atoms with Gasteiger partial charge in [0.25, 0.3) is 0 Å². The molecule has 0 radical (unpaired) electrons. The zero-order valence-corrected chi connectivity index (χ0v) is 13.1. The van der Waals surface area contributed by atoms with E-state index in [4.69, 9.17) is 0 Å². The molecule has 112 valence electrons. The van der Waals surface area contributed by atoms with Gasteiger partial charge in [-0.1, -0.05) is 48.5 Å². The molecule has 0 fully saturated rings. The molecule has 2 aliphatic rings. The van der Waals surface area contributed by atoms with E-state index in [9.17, 15) is 0 Å². The van der Waals surface area contributed by atoms with E-state index in [1.165, 1.54) is 28.1 Å². The second-order valence-electron chi connectivity index (χ2n) is 6.56. The highest BCUT2D eigenvalue weighted by molar-refractivity contribution is 5.73. The fourth-order valence-corrected chi connectivity index (χ4v) is 4.17. The van der Waals surface area contributed by atoms with Crippen LogP contribution in [0, 0.1) is 0 Å². The Labute approximate surface area is 137 Å². The molecule has 0 aromatic heterocycles. The van der Waals surface area contributed by atoms with Gasteiger partial charge >= 0.3 is 0 Å². The molecular formula is C22H19N. The summed E-state index contributed by atoms with van der Waals surface area (Å²) in [5.41, 5.74) is 10.4. The second-order valence-corrected chi connectivity index (χ2v) is 6.56. The Bertz CT molecular complexity index is 880. The number of hydrogen-bond acceptors (Lipinski definition) is 1. The van der Waals surface area contributed by atoms with Gasteiger partial charge in [-0.2, -0.15) is 0 Å². The van der Waals surface area contributed by atoms with Crippen molar-refractivity contribution in [2.24, 2.45) is 0 Å². The molecule has 1 aliphatic carbocycles. The normalized spacial score (nSPS) is 15.0. The minimum Gasteiger partial charge on any atom is -0.341 e. The number of para-hydroxylation sites is 1. The molecule has 0 amide bonds. The van der Waals surface area contributed by atoms with Crippen molar-refractivity contribution in [3.63, 3.8) is 0 Å². The number of hydrogen-bond donors (Lipinski definition) is 0. The van der Waals surface area contributed by atoms with Crippen LogP contribution >= 0.6 is 0 Å². The van der Waals surface area contributed by atoms with Crippen molar-refractivity contribution in [1.82, 2.24) is 0 Å². The minimum absolute atomic E-state index is 1.09. The molecule has 0 atom stereocenters. The van der Waals surface area contributed by atoms with E-state index in [1.54, 1.807) is 11.1 Å². The molecule has 0 N–H and O–H groups in total. The van der Waals surface area contributed by atoms with E-state index in [1.807, 2.05) is 0 Å². The molecule has 1 heterocycles. The van der Waals surface area contributed by atoms with Gasteiger partial charge in [0.15, 0.2) is 0 Å². The predicted octanol–water partition coefficient (Wildman–Crippen LogP) is 4.88. The van der Waals surface area contributed by atoms with Gasteiger partial charge in [0, 0.05) is 17.9 Å². The van der Waals surface area contributed by atoms with Crippen molar-refractivity contribution in [1.29, 1.82) is 0 Å². The Morgan fingerprint density at radius 2 is 1.35 bits per heavy atom. The second kappa shape index (κ2) is 4.99. The van der Waals surface area contributed by atoms with Gasteiger partial charge in [-0.05, 0) is 65.3 Å². The Balaban J connectivity index is 1.60. The maximum absolute atomic E-state index is 2.47. The monoisotopic (exact) mass is 297 g/mol. The lowest BCUT2D eigenvalue weighted by atomic mass is 9.83. The average Bonchev–Trinajstić information content (AvgIpc) is 3.05. The lowest BCUT2D eigenvalue weighted by Gasteiger charge is -2.24. The van der Waals surface area contributed by atoms with E-state index in [-0.39, 0.29) is 0 Å². The number of nitrogens with zero attached hydrogens (tertiary/aromatic N) is 1. The van der Waals surface area contributed by atoms with Crippen LogP contribution in [0.3, 0.4) is 0 Å². The standard InChI is InChI=1S/C22H19N/c1-2-8-19(9-3-1)23-13-12-20-21-15-17-7-5-4-6-16(17)14-18(21)10-11-22(20)23/h1-11H,12-15H2. The third-order valence-corrected chi connectivity index (χ3v) is 5.31. The summed E-state index contributed by atoms with van der Waals surface area (Å²) in [6, 6.07) is 24.4. The van der Waals surface area contributed by atoms with Crippen LogP contribution in [0.4, 0.5) is 11.4 Å². The first-order valence-corrected chi connectivity index (χ1v) is 8.43. The van der Waals surface area contributed by atoms with Gasteiger partial charge in [-0.25, -0.2) is 0 Å². The first-order valence-electron chi connectivity index (χ1n) is 8.43. The molecule has 0 saturated heterocycles. The number of anilines is 2. The molecule has 1 nitrogen and oxygen atoms in total. The summed E-state index contributed by atoms with van der Waals surface area (Å²) in [6.07, 6.45) is 3.34. The van der Waals surface area contributed by atoms with Crippen LogP contribution in [-0.2, 0) is 19.3 Å². The van der Waals surface area contributed by atoms with Crippen LogP contribution in [0.15, 0.2) is 66.7 Å². The Morgan fingerprint density at radius 1 is 0.609 bits per heavy atom. The predicted molar refractivity (Wildman–Crippen MR) is 95.6 cm³/mol. The molecular weight excluding hydrogens is 278 g/mol. The van der Waals surface area contributed by atoms with Crippen molar-refractivity contribution in [2.45, 2.75) is 19.3 Å². The maximum atomic E-state index is 2.47. The summed E-state index contributed by atoms with van der Waals surface area (Å²) in [7, 11) is 0. The highest BCUT2D eigenvalue weighted by Crippen LogP contribution is 2.40. The minimum atomic E-state index is 1.09. The fourth-order valence-electron chi connectivity index (χ4n) is 4.17. The van der Waals surface area contributed by atoms with Gasteiger partial charge in [-0.3, -0.25) is 0 Å². The van der Waals surface area contributed by atoms with E-state index in [0.717, 1.165) is 25.8 Å². The summed E-state index contributed by atoms with van der Waals surface area (Å²) in [6.45, 7) is 1.09. The molecule has 23 heavy (non-hydrogen) atoms. The van der Waals surface area contributed by atoms with E-state index >= 15 is 0 Å². The first-order chi connectivity index (χ1) is 11.4. The van der Waals surface area contributed by atoms with Crippen LogP contribution < -0.4 is 4.90 Å². The average molecular weight is 297 g/mol. The fraction of sp³-hybridized carbons (Fsp3) is 0.182. The van der Waals surface area contributed by atoms with E-state index in [2.05, 4.69) is 71.6 Å². The zero-order chi connectivity index (χ0) is 15.2. The topological polar surface area (TPSA) is 3.24 Å². The van der Waals surface area contributed by atoms with Gasteiger partial charge in [0.2, 0.25) is 0 Å². The molecule has 0 bridgehead atoms. The van der Waals surface area contributed by atoms with Crippen LogP contribution in [0.5, 0.6) is 0 Å². The van der Waals surface area contributed by atoms with Crippen LogP contribution in [-0.4, -0.2) is 6.54 Å². The van der Waals surface area contributed by atoms with Crippen LogP contribution in [0.1, 0.15) is 27.8 Å². The quantitative estimate of drug-likeness (QED) is 0.484. The van der Waals surface area contributed by atoms with Crippen LogP contribution in [0.2, 0.25) is 0 Å². The van der Waals surface area contributed by atoms with Gasteiger partial charge in [0.05, 0.1) is 0 Å². The van der Waals surface area contributed by atoms with Gasteiger partial charge in [-0.15, -0.1) is 0 Å². The Hall–Kier alpha value is -2.54. The third-order valence-electron chi connectivity index (χ3n) is 5.31. The van der Waals surface area contributed by atoms with Crippen molar-refractivity contribution in [2.75, 3.05) is 11.4 Å². The lowest BCUT2D eigenvalue weighted by molar-refractivity contribution is 0.956. The van der Waals surface area contributed by atoms with Crippen molar-refractivity contribution in [3.05, 3.63) is 94.5 Å². The highest BCUT2D eigenvalue weighted by Gasteiger charge is 2.26. The molecule has 3 aromatic rings. The first kappa shape index (κ1) is 13.0. The Kier molecular flexibility index (Phi) is 2.81. The van der Waals surface area contributed by atoms with Crippen molar-refractivity contribution >= 4 is 11.4 Å². The summed E-state index contributed by atoms with van der Waals surface area (Å²) in [4.78, 5) is 2.47. The summed E-state index contributed by atoms with van der Waals surface area (Å²) < 4.78 is 0. The van der Waals surface area contributed by atoms with Crippen molar-refractivity contribution < 1.29 is 0 Å². The van der Waals surface area contributed by atoms with E-state index < -0.39 is 0 Å². The molecule has 3 aromatic carbocycles. The molecule has 0 saturated carbocycles. The van der Waals surface area contributed by atoms with Crippen molar-refractivity contribution in [3.8, 4) is 0 Å². The summed E-state index contributed by atoms with van der Waals surface area (Å²) in [5, 5.41) is 0. The zero-order valence-electron chi connectivity index (χ0n) is 13.1. The maximum Gasteiger partial charge on any atom is 0.0447 e. The molecule has 0 spiro atoms. The van der Waals surface area contributed by atoms with Gasteiger partial charge in [0.1, 0.15) is 0 Å². The van der Waals surface area contributed by atoms with E-state index in [0.29, 0.717) is 0 Å². The van der Waals surface area contributed by atoms with Gasteiger partial charge < -0.3 is 4.90 Å². The lowest BCUT2D eigenvalue weighted by Crippen LogP contribution is -2.13. The SMILES string of the molecule is c1ccc(N2CCc3c2ccc2c3Cc3ccccc3C2)cc1. The number of rotatable bonds is 1. The number of benzene rings is 3. The number of fused-ring (bicyclic) bond motifs is 4. The third kappa shape index (κ3) is 2.00. The molecule has 1 aliphatic heterocycles. The smallest absolute Gasteiger partial charge is 0.0447 e. The van der Waals surface area contributed by atoms with Crippen LogP contribution in [0.25, 0.3) is 0 Å². The summed E-state index contributed by atoms with van der Waals surface area (Å²) >= 11 is 0. The Morgan fingerprint density at radius 3 is 2.17 bits per heavy atom. The molecule has 0 unspecified atom stereocenters. The highest BCUT2D eigenvalue weighted by atomic mass is 15.2. The summed E-state index contributed by atoms with van der Waals surface area (Å²) in [5.74, 6) is 0. The molecule has 5 rings (SSSR count). The largest absolute Gasteiger partial charge is 0.341 e.